The molecule has 0 aliphatic carbocycles. The summed E-state index contributed by atoms with van der Waals surface area (Å²) in [7, 11) is 0. The van der Waals surface area contributed by atoms with E-state index in [9.17, 15) is 0 Å². The topological polar surface area (TPSA) is 86.6 Å². The van der Waals surface area contributed by atoms with Crippen LogP contribution in [-0.2, 0) is 6.54 Å². The number of pyridine rings is 1. The summed E-state index contributed by atoms with van der Waals surface area (Å²) in [6, 6.07) is 6.27. The van der Waals surface area contributed by atoms with Crippen molar-refractivity contribution >= 4 is 11.5 Å². The Morgan fingerprint density at radius 1 is 1.17 bits per heavy atom. The van der Waals surface area contributed by atoms with Gasteiger partial charge in [0.05, 0.1) is 24.6 Å². The summed E-state index contributed by atoms with van der Waals surface area (Å²) >= 11 is 0. The second-order valence-corrected chi connectivity index (χ2v) is 8.07. The van der Waals surface area contributed by atoms with Crippen molar-refractivity contribution in [1.29, 1.82) is 0 Å². The number of rotatable bonds is 7. The number of hydrogen-bond donors (Lipinski definition) is 2. The van der Waals surface area contributed by atoms with Gasteiger partial charge in [0.15, 0.2) is 11.5 Å². The van der Waals surface area contributed by atoms with E-state index in [1.807, 2.05) is 33.8 Å². The summed E-state index contributed by atoms with van der Waals surface area (Å²) in [5, 5.41) is 0. The number of hydrogen-bond acceptors (Lipinski definition) is 6. The van der Waals surface area contributed by atoms with Gasteiger partial charge in [0.2, 0.25) is 0 Å². The fraction of sp³-hybridized carbons (Fsp3) is 0.522. The molecule has 0 amide bonds. The van der Waals surface area contributed by atoms with Gasteiger partial charge in [-0.3, -0.25) is 4.90 Å². The van der Waals surface area contributed by atoms with Crippen molar-refractivity contribution in [3.63, 3.8) is 0 Å². The van der Waals surface area contributed by atoms with E-state index in [1.54, 1.807) is 6.20 Å². The molecule has 1 aromatic carbocycles. The first-order valence-electron chi connectivity index (χ1n) is 10.5. The lowest BCUT2D eigenvalue weighted by molar-refractivity contribution is 0.203. The van der Waals surface area contributed by atoms with Crippen molar-refractivity contribution in [3.05, 3.63) is 41.1 Å². The fourth-order valence-electron chi connectivity index (χ4n) is 4.11. The van der Waals surface area contributed by atoms with Gasteiger partial charge in [-0.05, 0) is 88.4 Å². The quantitative estimate of drug-likeness (QED) is 0.729. The highest BCUT2D eigenvalue weighted by atomic mass is 16.5. The molecule has 2 heterocycles. The lowest BCUT2D eigenvalue weighted by atomic mass is 9.86. The van der Waals surface area contributed by atoms with E-state index >= 15 is 0 Å². The molecular formula is C23H34N4O2. The average molecular weight is 399 g/mol. The van der Waals surface area contributed by atoms with Crippen molar-refractivity contribution in [1.82, 2.24) is 9.88 Å². The highest BCUT2D eigenvalue weighted by Crippen LogP contribution is 2.36. The van der Waals surface area contributed by atoms with E-state index in [4.69, 9.17) is 20.9 Å². The van der Waals surface area contributed by atoms with Crippen LogP contribution in [0.3, 0.4) is 0 Å². The van der Waals surface area contributed by atoms with Gasteiger partial charge in [-0.1, -0.05) is 6.07 Å². The lowest BCUT2D eigenvalue weighted by Gasteiger charge is -2.33. The third-order valence-electron chi connectivity index (χ3n) is 5.51. The van der Waals surface area contributed by atoms with Crippen LogP contribution in [0.2, 0.25) is 0 Å². The van der Waals surface area contributed by atoms with Crippen LogP contribution in [0.4, 0.5) is 11.5 Å². The Labute approximate surface area is 174 Å². The molecule has 0 spiro atoms. The Morgan fingerprint density at radius 2 is 1.90 bits per heavy atom. The first kappa shape index (κ1) is 21.2. The second kappa shape index (κ2) is 9.35. The highest BCUT2D eigenvalue weighted by molar-refractivity contribution is 5.58. The molecule has 0 atom stereocenters. The van der Waals surface area contributed by atoms with Gasteiger partial charge in [-0.25, -0.2) is 4.98 Å². The molecule has 29 heavy (non-hydrogen) atoms. The minimum Gasteiger partial charge on any atom is -0.490 e. The van der Waals surface area contributed by atoms with Crippen LogP contribution >= 0.6 is 0 Å². The highest BCUT2D eigenvalue weighted by Gasteiger charge is 2.24. The Morgan fingerprint density at radius 3 is 2.55 bits per heavy atom. The molecule has 1 aromatic heterocycles. The molecule has 1 aliphatic heterocycles. The molecule has 0 bridgehead atoms. The largest absolute Gasteiger partial charge is 0.490 e. The van der Waals surface area contributed by atoms with Crippen LogP contribution in [0.15, 0.2) is 24.4 Å². The SMILES string of the molecule is CCOc1cc(CN2CCC(c3c(N)cnc(N)c3C)CC2)ccc1OC(C)C. The summed E-state index contributed by atoms with van der Waals surface area (Å²) in [5.41, 5.74) is 16.4. The maximum atomic E-state index is 6.22. The van der Waals surface area contributed by atoms with E-state index in [0.29, 0.717) is 18.3 Å². The summed E-state index contributed by atoms with van der Waals surface area (Å²) in [6.45, 7) is 11.7. The predicted molar refractivity (Wildman–Crippen MR) is 118 cm³/mol. The minimum atomic E-state index is 0.122. The van der Waals surface area contributed by atoms with E-state index in [-0.39, 0.29) is 6.10 Å². The standard InChI is InChI=1S/C23H34N4O2/c1-5-28-21-12-17(6-7-20(21)29-15(2)3)14-27-10-8-18(9-11-27)22-16(4)23(25)26-13-19(22)24/h6-7,12-13,15,18H,5,8-11,14,24H2,1-4H3,(H2,25,26). The van der Waals surface area contributed by atoms with Gasteiger partial charge < -0.3 is 20.9 Å². The normalized spacial score (nSPS) is 15.6. The summed E-state index contributed by atoms with van der Waals surface area (Å²) in [4.78, 5) is 6.66. The van der Waals surface area contributed by atoms with Gasteiger partial charge >= 0.3 is 0 Å². The zero-order valence-corrected chi connectivity index (χ0v) is 18.1. The maximum Gasteiger partial charge on any atom is 0.161 e. The first-order valence-corrected chi connectivity index (χ1v) is 10.5. The molecule has 0 saturated carbocycles. The van der Waals surface area contributed by atoms with E-state index in [1.165, 1.54) is 11.1 Å². The molecule has 4 N–H and O–H groups in total. The Bertz CT molecular complexity index is 830. The summed E-state index contributed by atoms with van der Waals surface area (Å²) in [5.74, 6) is 2.66. The molecule has 6 heteroatoms. The van der Waals surface area contributed by atoms with Crippen LogP contribution in [0.25, 0.3) is 0 Å². The molecule has 1 aliphatic rings. The van der Waals surface area contributed by atoms with Crippen LogP contribution in [0.1, 0.15) is 56.2 Å². The van der Waals surface area contributed by atoms with Crippen molar-refractivity contribution < 1.29 is 9.47 Å². The maximum absolute atomic E-state index is 6.22. The smallest absolute Gasteiger partial charge is 0.161 e. The molecule has 0 unspecified atom stereocenters. The predicted octanol–water partition coefficient (Wildman–Crippen LogP) is 4.12. The lowest BCUT2D eigenvalue weighted by Crippen LogP contribution is -2.33. The molecule has 1 saturated heterocycles. The van der Waals surface area contributed by atoms with Gasteiger partial charge in [0.25, 0.3) is 0 Å². The average Bonchev–Trinajstić information content (AvgIpc) is 2.68. The van der Waals surface area contributed by atoms with Crippen molar-refractivity contribution in [2.24, 2.45) is 0 Å². The fourth-order valence-corrected chi connectivity index (χ4v) is 4.11. The third-order valence-corrected chi connectivity index (χ3v) is 5.51. The first-order chi connectivity index (χ1) is 13.9. The molecule has 3 rings (SSSR count). The molecule has 1 fully saturated rings. The van der Waals surface area contributed by atoms with Crippen molar-refractivity contribution in [3.8, 4) is 11.5 Å². The Balaban J connectivity index is 1.65. The van der Waals surface area contributed by atoms with E-state index in [0.717, 1.165) is 55.2 Å². The minimum absolute atomic E-state index is 0.122. The van der Waals surface area contributed by atoms with Crippen LogP contribution < -0.4 is 20.9 Å². The number of likely N-dealkylation sites (tertiary alicyclic amines) is 1. The van der Waals surface area contributed by atoms with E-state index in [2.05, 4.69) is 22.0 Å². The van der Waals surface area contributed by atoms with Crippen LogP contribution in [0, 0.1) is 6.92 Å². The number of anilines is 2. The van der Waals surface area contributed by atoms with Crippen LogP contribution in [0.5, 0.6) is 11.5 Å². The van der Waals surface area contributed by atoms with Gasteiger partial charge in [-0.2, -0.15) is 0 Å². The Kier molecular flexibility index (Phi) is 6.85. The van der Waals surface area contributed by atoms with Crippen molar-refractivity contribution in [2.45, 2.75) is 59.1 Å². The van der Waals surface area contributed by atoms with Crippen molar-refractivity contribution in [2.75, 3.05) is 31.2 Å². The van der Waals surface area contributed by atoms with E-state index < -0.39 is 0 Å². The third kappa shape index (κ3) is 5.12. The summed E-state index contributed by atoms with van der Waals surface area (Å²) in [6.07, 6.45) is 3.96. The zero-order chi connectivity index (χ0) is 21.0. The molecule has 6 nitrogen and oxygen atoms in total. The number of nitrogens with zero attached hydrogens (tertiary/aromatic N) is 2. The Hall–Kier alpha value is -2.47. The van der Waals surface area contributed by atoms with Gasteiger partial charge in [0, 0.05) is 6.54 Å². The number of ether oxygens (including phenoxy) is 2. The number of nitrogen functional groups attached to an aromatic ring is 2. The molecular weight excluding hydrogens is 364 g/mol. The number of benzene rings is 1. The molecule has 158 valence electrons. The van der Waals surface area contributed by atoms with Gasteiger partial charge in [0.1, 0.15) is 5.82 Å². The summed E-state index contributed by atoms with van der Waals surface area (Å²) < 4.78 is 11.7. The molecule has 2 aromatic rings. The second-order valence-electron chi connectivity index (χ2n) is 8.07. The zero-order valence-electron chi connectivity index (χ0n) is 18.1. The number of piperidine rings is 1. The number of aromatic nitrogens is 1. The monoisotopic (exact) mass is 398 g/mol. The molecule has 0 radical (unpaired) electrons. The van der Waals surface area contributed by atoms with Crippen LogP contribution in [-0.4, -0.2) is 35.7 Å². The number of nitrogens with two attached hydrogens (primary N) is 2. The van der Waals surface area contributed by atoms with Gasteiger partial charge in [-0.15, -0.1) is 0 Å².